The summed E-state index contributed by atoms with van der Waals surface area (Å²) >= 11 is 0. The minimum absolute atomic E-state index is 0.128. The van der Waals surface area contributed by atoms with Gasteiger partial charge in [0.25, 0.3) is 5.91 Å². The first-order valence-electron chi connectivity index (χ1n) is 6.94. The number of hydrogen-bond donors (Lipinski definition) is 3. The van der Waals surface area contributed by atoms with E-state index in [9.17, 15) is 9.90 Å². The number of carbonyl (C=O) groups is 1. The van der Waals surface area contributed by atoms with Gasteiger partial charge in [0.2, 0.25) is 0 Å². The number of carbonyl (C=O) groups excluding carboxylic acids is 1. The van der Waals surface area contributed by atoms with Crippen LogP contribution in [0.15, 0.2) is 18.2 Å². The van der Waals surface area contributed by atoms with Crippen LogP contribution in [0.1, 0.15) is 35.5 Å². The number of aromatic amines is 1. The highest BCUT2D eigenvalue weighted by Crippen LogP contribution is 2.21. The van der Waals surface area contributed by atoms with Crippen LogP contribution in [-0.4, -0.2) is 28.6 Å². The maximum atomic E-state index is 12.1. The summed E-state index contributed by atoms with van der Waals surface area (Å²) in [5, 5.41) is 13.5. The number of nitrogens with one attached hydrogen (secondary N) is 2. The van der Waals surface area contributed by atoms with Crippen LogP contribution in [-0.2, 0) is 0 Å². The van der Waals surface area contributed by atoms with Crippen LogP contribution in [0.3, 0.4) is 0 Å². The van der Waals surface area contributed by atoms with Crippen LogP contribution in [0, 0.1) is 19.8 Å². The van der Waals surface area contributed by atoms with E-state index in [0.717, 1.165) is 16.5 Å². The summed E-state index contributed by atoms with van der Waals surface area (Å²) in [6, 6.07) is 5.99. The second-order valence-electron chi connectivity index (χ2n) is 5.75. The minimum Gasteiger partial charge on any atom is -0.391 e. The summed E-state index contributed by atoms with van der Waals surface area (Å²) in [6.07, 6.45) is -0.521. The van der Waals surface area contributed by atoms with Gasteiger partial charge in [-0.3, -0.25) is 4.79 Å². The van der Waals surface area contributed by atoms with Gasteiger partial charge in [-0.2, -0.15) is 0 Å². The number of rotatable bonds is 4. The predicted octanol–water partition coefficient (Wildman–Crippen LogP) is 2.53. The summed E-state index contributed by atoms with van der Waals surface area (Å²) in [7, 11) is 0. The number of aromatic nitrogens is 1. The number of aliphatic hydroxyl groups excluding tert-OH is 1. The normalized spacial score (nSPS) is 12.9. The van der Waals surface area contributed by atoms with Crippen LogP contribution >= 0.6 is 0 Å². The van der Waals surface area contributed by atoms with Crippen molar-refractivity contribution in [3.05, 3.63) is 35.0 Å². The molecule has 20 heavy (non-hydrogen) atoms. The van der Waals surface area contributed by atoms with E-state index in [-0.39, 0.29) is 18.4 Å². The van der Waals surface area contributed by atoms with Gasteiger partial charge in [-0.1, -0.05) is 19.9 Å². The molecule has 1 unspecified atom stereocenters. The maximum Gasteiger partial charge on any atom is 0.267 e. The van der Waals surface area contributed by atoms with Crippen molar-refractivity contribution < 1.29 is 9.90 Å². The molecule has 4 nitrogen and oxygen atoms in total. The molecule has 0 aliphatic carbocycles. The fraction of sp³-hybridized carbons (Fsp3) is 0.438. The minimum atomic E-state index is -0.521. The third-order valence-corrected chi connectivity index (χ3v) is 3.58. The Morgan fingerprint density at radius 1 is 1.30 bits per heavy atom. The Bertz CT molecular complexity index is 629. The van der Waals surface area contributed by atoms with Crippen LogP contribution in [0.5, 0.6) is 0 Å². The van der Waals surface area contributed by atoms with E-state index >= 15 is 0 Å². The third-order valence-electron chi connectivity index (χ3n) is 3.58. The molecule has 0 fully saturated rings. The lowest BCUT2D eigenvalue weighted by Crippen LogP contribution is -2.34. The first-order chi connectivity index (χ1) is 9.38. The van der Waals surface area contributed by atoms with Crippen LogP contribution in [0.2, 0.25) is 0 Å². The van der Waals surface area contributed by atoms with E-state index in [0.29, 0.717) is 5.69 Å². The molecule has 2 aromatic rings. The topological polar surface area (TPSA) is 65.1 Å². The molecule has 0 saturated carbocycles. The molecule has 0 saturated heterocycles. The van der Waals surface area contributed by atoms with Gasteiger partial charge >= 0.3 is 0 Å². The molecule has 0 aliphatic heterocycles. The first kappa shape index (κ1) is 14.6. The molecule has 0 radical (unpaired) electrons. The molecule has 0 bridgehead atoms. The van der Waals surface area contributed by atoms with Crippen LogP contribution in [0.25, 0.3) is 10.9 Å². The van der Waals surface area contributed by atoms with Crippen molar-refractivity contribution in [1.82, 2.24) is 10.3 Å². The third kappa shape index (κ3) is 3.02. The fourth-order valence-electron chi connectivity index (χ4n) is 2.25. The predicted molar refractivity (Wildman–Crippen MR) is 81.0 cm³/mol. The van der Waals surface area contributed by atoms with Gasteiger partial charge in [-0.15, -0.1) is 0 Å². The molecule has 1 heterocycles. The number of benzene rings is 1. The molecule has 108 valence electrons. The summed E-state index contributed by atoms with van der Waals surface area (Å²) in [6.45, 7) is 8.18. The van der Waals surface area contributed by atoms with Gasteiger partial charge in [-0.05, 0) is 43.0 Å². The number of amides is 1. The zero-order valence-electron chi connectivity index (χ0n) is 12.4. The lowest BCUT2D eigenvalue weighted by molar-refractivity contribution is 0.0868. The zero-order chi connectivity index (χ0) is 14.9. The van der Waals surface area contributed by atoms with E-state index in [1.165, 1.54) is 5.56 Å². The van der Waals surface area contributed by atoms with Crippen molar-refractivity contribution in [2.75, 3.05) is 6.54 Å². The second-order valence-corrected chi connectivity index (χ2v) is 5.75. The summed E-state index contributed by atoms with van der Waals surface area (Å²) in [5.74, 6) is -0.0548. The molecular formula is C16H22N2O2. The Hall–Kier alpha value is -1.81. The van der Waals surface area contributed by atoms with Gasteiger partial charge in [0.1, 0.15) is 5.69 Å². The fourth-order valence-corrected chi connectivity index (χ4v) is 2.25. The van der Waals surface area contributed by atoms with E-state index in [2.05, 4.69) is 16.4 Å². The average Bonchev–Trinajstić information content (AvgIpc) is 2.79. The highest BCUT2D eigenvalue weighted by atomic mass is 16.3. The molecule has 0 spiro atoms. The van der Waals surface area contributed by atoms with Crippen LogP contribution in [0.4, 0.5) is 0 Å². The smallest absolute Gasteiger partial charge is 0.267 e. The van der Waals surface area contributed by atoms with Gasteiger partial charge < -0.3 is 15.4 Å². The summed E-state index contributed by atoms with van der Waals surface area (Å²) in [4.78, 5) is 15.2. The van der Waals surface area contributed by atoms with E-state index < -0.39 is 6.10 Å². The lowest BCUT2D eigenvalue weighted by Gasteiger charge is -2.14. The van der Waals surface area contributed by atoms with Crippen LogP contribution < -0.4 is 5.32 Å². The summed E-state index contributed by atoms with van der Waals surface area (Å²) in [5.41, 5.74) is 3.82. The van der Waals surface area contributed by atoms with Gasteiger partial charge in [0.05, 0.1) is 6.10 Å². The van der Waals surface area contributed by atoms with Gasteiger partial charge in [-0.25, -0.2) is 0 Å². The molecule has 1 aromatic heterocycles. The monoisotopic (exact) mass is 274 g/mol. The lowest BCUT2D eigenvalue weighted by atomic mass is 10.1. The van der Waals surface area contributed by atoms with E-state index in [1.54, 1.807) is 0 Å². The molecule has 1 amide bonds. The van der Waals surface area contributed by atoms with Crippen molar-refractivity contribution in [1.29, 1.82) is 0 Å². The van der Waals surface area contributed by atoms with Gasteiger partial charge in [0, 0.05) is 17.4 Å². The Morgan fingerprint density at radius 2 is 2.00 bits per heavy atom. The zero-order valence-corrected chi connectivity index (χ0v) is 12.4. The van der Waals surface area contributed by atoms with Crippen molar-refractivity contribution in [2.45, 2.75) is 33.8 Å². The number of aryl methyl sites for hydroxylation is 2. The van der Waals surface area contributed by atoms with Crippen molar-refractivity contribution in [2.24, 2.45) is 5.92 Å². The first-order valence-corrected chi connectivity index (χ1v) is 6.94. The molecule has 1 atom stereocenters. The molecular weight excluding hydrogens is 252 g/mol. The molecule has 4 heteroatoms. The standard InChI is InChI=1S/C16H22N2O2/c1-9(2)15(19)8-17-16(20)14-7-12-11(4)5-10(3)6-13(12)18-14/h5-7,9,15,18-19H,8H2,1-4H3,(H,17,20). The summed E-state index contributed by atoms with van der Waals surface area (Å²) < 4.78 is 0. The Kier molecular flexibility index (Phi) is 4.14. The quantitative estimate of drug-likeness (QED) is 0.802. The van der Waals surface area contributed by atoms with Crippen molar-refractivity contribution >= 4 is 16.8 Å². The molecule has 1 aromatic carbocycles. The van der Waals surface area contributed by atoms with Crippen molar-refractivity contribution in [3.63, 3.8) is 0 Å². The van der Waals surface area contributed by atoms with E-state index in [4.69, 9.17) is 0 Å². The average molecular weight is 274 g/mol. The highest BCUT2D eigenvalue weighted by molar-refractivity contribution is 5.98. The SMILES string of the molecule is Cc1cc(C)c2cc(C(=O)NCC(O)C(C)C)[nH]c2c1. The molecule has 3 N–H and O–H groups in total. The highest BCUT2D eigenvalue weighted by Gasteiger charge is 2.14. The number of fused-ring (bicyclic) bond motifs is 1. The maximum absolute atomic E-state index is 12.1. The van der Waals surface area contributed by atoms with E-state index in [1.807, 2.05) is 39.8 Å². The number of aliphatic hydroxyl groups is 1. The number of H-pyrrole nitrogens is 1. The van der Waals surface area contributed by atoms with Gasteiger partial charge in [0.15, 0.2) is 0 Å². The van der Waals surface area contributed by atoms with Crippen molar-refractivity contribution in [3.8, 4) is 0 Å². The Morgan fingerprint density at radius 3 is 2.65 bits per heavy atom. The number of hydrogen-bond acceptors (Lipinski definition) is 2. The second kappa shape index (κ2) is 5.67. The largest absolute Gasteiger partial charge is 0.391 e. The Labute approximate surface area is 119 Å². The Balaban J connectivity index is 2.17. The molecule has 2 rings (SSSR count). The molecule has 0 aliphatic rings.